The number of nitrogens with zero attached hydrogens (tertiary/aromatic N) is 1. The van der Waals surface area contributed by atoms with Crippen molar-refractivity contribution < 1.29 is 14.7 Å². The molecule has 0 saturated heterocycles. The summed E-state index contributed by atoms with van der Waals surface area (Å²) in [5.74, 6) is -0.934. The van der Waals surface area contributed by atoms with Crippen molar-refractivity contribution in [3.05, 3.63) is 57.2 Å². The monoisotopic (exact) mass is 352 g/mol. The summed E-state index contributed by atoms with van der Waals surface area (Å²) in [4.78, 5) is 24.3. The Morgan fingerprint density at radius 3 is 2.52 bits per heavy atom. The minimum atomic E-state index is -0.934. The first-order valence-electron chi connectivity index (χ1n) is 6.98. The van der Waals surface area contributed by atoms with Crippen molar-refractivity contribution in [3.8, 4) is 0 Å². The van der Waals surface area contributed by atoms with Gasteiger partial charge in [-0.2, -0.15) is 11.3 Å². The van der Waals surface area contributed by atoms with Crippen molar-refractivity contribution in [1.29, 1.82) is 0 Å². The van der Waals surface area contributed by atoms with Crippen LogP contribution in [-0.2, 0) is 4.79 Å². The number of urea groups is 1. The molecule has 1 aromatic heterocycles. The standard InChI is InChI=1S/C16H17ClN2O3S/c1-19(8-6-14(20)21)16(22)18-15(12-7-9-23-10-12)11-2-4-13(17)5-3-11/h2-5,7,9-10,15H,6,8H2,1H3,(H,18,22)(H,20,21). The highest BCUT2D eigenvalue weighted by atomic mass is 35.5. The van der Waals surface area contributed by atoms with Crippen LogP contribution in [0.4, 0.5) is 4.79 Å². The minimum absolute atomic E-state index is 0.0893. The Morgan fingerprint density at radius 2 is 1.96 bits per heavy atom. The molecule has 0 spiro atoms. The maximum atomic E-state index is 12.3. The highest BCUT2D eigenvalue weighted by Crippen LogP contribution is 2.25. The third kappa shape index (κ3) is 4.97. The third-order valence-electron chi connectivity index (χ3n) is 3.36. The molecule has 1 aromatic carbocycles. The van der Waals surface area contributed by atoms with E-state index in [1.165, 1.54) is 4.90 Å². The third-order valence-corrected chi connectivity index (χ3v) is 4.31. The van der Waals surface area contributed by atoms with Crippen molar-refractivity contribution >= 4 is 34.9 Å². The molecule has 7 heteroatoms. The molecular weight excluding hydrogens is 336 g/mol. The van der Waals surface area contributed by atoms with Gasteiger partial charge in [-0.05, 0) is 40.1 Å². The summed E-state index contributed by atoms with van der Waals surface area (Å²) >= 11 is 7.47. The molecular formula is C16H17ClN2O3S. The van der Waals surface area contributed by atoms with E-state index in [2.05, 4.69) is 5.32 Å². The van der Waals surface area contributed by atoms with E-state index < -0.39 is 5.97 Å². The van der Waals surface area contributed by atoms with E-state index in [4.69, 9.17) is 16.7 Å². The van der Waals surface area contributed by atoms with Crippen LogP contribution < -0.4 is 5.32 Å². The fourth-order valence-electron chi connectivity index (χ4n) is 2.05. The van der Waals surface area contributed by atoms with Gasteiger partial charge in [-0.1, -0.05) is 23.7 Å². The van der Waals surface area contributed by atoms with Crippen molar-refractivity contribution in [1.82, 2.24) is 10.2 Å². The summed E-state index contributed by atoms with van der Waals surface area (Å²) in [6.45, 7) is 0.151. The lowest BCUT2D eigenvalue weighted by atomic mass is 10.0. The number of aliphatic carboxylic acids is 1. The molecule has 0 saturated carbocycles. The molecule has 0 radical (unpaired) electrons. The number of rotatable bonds is 6. The average molecular weight is 353 g/mol. The molecule has 0 bridgehead atoms. The number of amides is 2. The van der Waals surface area contributed by atoms with Crippen LogP contribution in [0.25, 0.3) is 0 Å². The number of nitrogens with one attached hydrogen (secondary N) is 1. The number of halogens is 1. The van der Waals surface area contributed by atoms with Gasteiger partial charge in [-0.3, -0.25) is 4.79 Å². The molecule has 0 aliphatic heterocycles. The summed E-state index contributed by atoms with van der Waals surface area (Å²) in [6, 6.07) is 8.59. The Morgan fingerprint density at radius 1 is 1.26 bits per heavy atom. The molecule has 23 heavy (non-hydrogen) atoms. The van der Waals surface area contributed by atoms with Crippen LogP contribution >= 0.6 is 22.9 Å². The molecule has 0 fully saturated rings. The van der Waals surface area contributed by atoms with Gasteiger partial charge >= 0.3 is 12.0 Å². The zero-order valence-electron chi connectivity index (χ0n) is 12.5. The Labute approximate surface area is 143 Å². The zero-order valence-corrected chi connectivity index (χ0v) is 14.1. The number of hydrogen-bond donors (Lipinski definition) is 2. The van der Waals surface area contributed by atoms with Crippen LogP contribution in [0.2, 0.25) is 5.02 Å². The highest BCUT2D eigenvalue weighted by Gasteiger charge is 2.19. The smallest absolute Gasteiger partial charge is 0.317 e. The number of carboxylic acid groups (broad SMARTS) is 1. The molecule has 1 heterocycles. The van der Waals surface area contributed by atoms with E-state index in [0.717, 1.165) is 11.1 Å². The second-order valence-electron chi connectivity index (χ2n) is 5.06. The summed E-state index contributed by atoms with van der Waals surface area (Å²) in [5.41, 5.74) is 1.88. The SMILES string of the molecule is CN(CCC(=O)O)C(=O)NC(c1ccc(Cl)cc1)c1ccsc1. The maximum Gasteiger partial charge on any atom is 0.317 e. The predicted octanol–water partition coefficient (Wildman–Crippen LogP) is 3.61. The van der Waals surface area contributed by atoms with Crippen molar-refractivity contribution in [3.63, 3.8) is 0 Å². The van der Waals surface area contributed by atoms with Gasteiger partial charge < -0.3 is 15.3 Å². The maximum absolute atomic E-state index is 12.3. The lowest BCUT2D eigenvalue weighted by Crippen LogP contribution is -2.40. The second-order valence-corrected chi connectivity index (χ2v) is 6.27. The second kappa shape index (κ2) is 7.99. The van der Waals surface area contributed by atoms with Crippen molar-refractivity contribution in [2.45, 2.75) is 12.5 Å². The Kier molecular flexibility index (Phi) is 6.01. The molecule has 1 unspecified atom stereocenters. The fourth-order valence-corrected chi connectivity index (χ4v) is 2.86. The number of benzene rings is 1. The number of carbonyl (C=O) groups excluding carboxylic acids is 1. The van der Waals surface area contributed by atoms with Crippen LogP contribution in [0, 0.1) is 0 Å². The highest BCUT2D eigenvalue weighted by molar-refractivity contribution is 7.08. The van der Waals surface area contributed by atoms with E-state index in [1.807, 2.05) is 29.0 Å². The number of hydrogen-bond acceptors (Lipinski definition) is 3. The number of thiophene rings is 1. The summed E-state index contributed by atoms with van der Waals surface area (Å²) < 4.78 is 0. The summed E-state index contributed by atoms with van der Waals surface area (Å²) in [5, 5.41) is 16.2. The van der Waals surface area contributed by atoms with Gasteiger partial charge in [0.05, 0.1) is 12.5 Å². The predicted molar refractivity (Wildman–Crippen MR) is 91.0 cm³/mol. The molecule has 0 aliphatic carbocycles. The number of carboxylic acids is 1. The fraction of sp³-hybridized carbons (Fsp3) is 0.250. The molecule has 122 valence electrons. The molecule has 5 nitrogen and oxygen atoms in total. The average Bonchev–Trinajstić information content (AvgIpc) is 3.05. The molecule has 2 aromatic rings. The van der Waals surface area contributed by atoms with Crippen molar-refractivity contribution in [2.24, 2.45) is 0 Å². The van der Waals surface area contributed by atoms with Crippen LogP contribution in [-0.4, -0.2) is 35.6 Å². The quantitative estimate of drug-likeness (QED) is 0.834. The largest absolute Gasteiger partial charge is 0.481 e. The first kappa shape index (κ1) is 17.3. The van der Waals surface area contributed by atoms with E-state index >= 15 is 0 Å². The first-order valence-corrected chi connectivity index (χ1v) is 8.30. The van der Waals surface area contributed by atoms with Gasteiger partial charge in [0.25, 0.3) is 0 Å². The van der Waals surface area contributed by atoms with Gasteiger partial charge in [0, 0.05) is 18.6 Å². The Hall–Kier alpha value is -2.05. The van der Waals surface area contributed by atoms with E-state index in [0.29, 0.717) is 5.02 Å². The lowest BCUT2D eigenvalue weighted by molar-refractivity contribution is -0.137. The normalized spacial score (nSPS) is 11.7. The van der Waals surface area contributed by atoms with Gasteiger partial charge in [-0.25, -0.2) is 4.79 Å². The van der Waals surface area contributed by atoms with Crippen LogP contribution in [0.15, 0.2) is 41.1 Å². The molecule has 1 atom stereocenters. The van der Waals surface area contributed by atoms with Crippen LogP contribution in [0.3, 0.4) is 0 Å². The van der Waals surface area contributed by atoms with Gasteiger partial charge in [-0.15, -0.1) is 0 Å². The Bertz CT molecular complexity index is 658. The first-order chi connectivity index (χ1) is 11.0. The summed E-state index contributed by atoms with van der Waals surface area (Å²) in [6.07, 6.45) is -0.0893. The van der Waals surface area contributed by atoms with E-state index in [-0.39, 0.29) is 25.0 Å². The van der Waals surface area contributed by atoms with Gasteiger partial charge in [0.15, 0.2) is 0 Å². The molecule has 2 N–H and O–H groups in total. The molecule has 2 amide bonds. The Balaban J connectivity index is 2.14. The van der Waals surface area contributed by atoms with Crippen LogP contribution in [0.5, 0.6) is 0 Å². The van der Waals surface area contributed by atoms with E-state index in [9.17, 15) is 9.59 Å². The summed E-state index contributed by atoms with van der Waals surface area (Å²) in [7, 11) is 1.57. The molecule has 0 aliphatic rings. The minimum Gasteiger partial charge on any atom is -0.481 e. The lowest BCUT2D eigenvalue weighted by Gasteiger charge is -2.23. The zero-order chi connectivity index (χ0) is 16.8. The van der Waals surface area contributed by atoms with Gasteiger partial charge in [0.2, 0.25) is 0 Å². The van der Waals surface area contributed by atoms with E-state index in [1.54, 1.807) is 30.5 Å². The van der Waals surface area contributed by atoms with Crippen LogP contribution in [0.1, 0.15) is 23.6 Å². The van der Waals surface area contributed by atoms with Gasteiger partial charge in [0.1, 0.15) is 0 Å². The molecule has 2 rings (SSSR count). The van der Waals surface area contributed by atoms with Crippen molar-refractivity contribution in [2.75, 3.05) is 13.6 Å². The number of carbonyl (C=O) groups is 2. The topological polar surface area (TPSA) is 69.6 Å².